The number of aromatic hydroxyl groups is 1. The van der Waals surface area contributed by atoms with Gasteiger partial charge in [0.05, 0.1) is 11.3 Å². The molecule has 0 fully saturated rings. The monoisotopic (exact) mass is 285 g/mol. The van der Waals surface area contributed by atoms with E-state index in [0.29, 0.717) is 17.0 Å². The van der Waals surface area contributed by atoms with E-state index >= 15 is 0 Å². The van der Waals surface area contributed by atoms with Crippen molar-refractivity contribution < 1.29 is 14.0 Å². The van der Waals surface area contributed by atoms with Crippen molar-refractivity contribution in [1.29, 1.82) is 0 Å². The number of hydrogen-bond acceptors (Lipinski definition) is 5. The van der Waals surface area contributed by atoms with E-state index < -0.39 is 0 Å². The molecule has 0 spiro atoms. The number of phenolic OH excluding ortho intramolecular Hbond substituents is 1. The number of benzene rings is 2. The van der Waals surface area contributed by atoms with E-state index in [1.165, 1.54) is 6.07 Å². The minimum atomic E-state index is -0.323. The van der Waals surface area contributed by atoms with Crippen molar-refractivity contribution in [3.8, 4) is 17.2 Å². The predicted molar refractivity (Wildman–Crippen MR) is 75.0 cm³/mol. The lowest BCUT2D eigenvalue weighted by molar-refractivity contribution is 0.418. The molecule has 106 valence electrons. The molecule has 0 unspecified atom stereocenters. The molecule has 5 nitrogen and oxygen atoms in total. The Bertz CT molecular complexity index is 786. The van der Waals surface area contributed by atoms with Crippen LogP contribution in [0.3, 0.4) is 0 Å². The van der Waals surface area contributed by atoms with Gasteiger partial charge in [-0.2, -0.15) is 4.98 Å². The van der Waals surface area contributed by atoms with Crippen LogP contribution in [0.5, 0.6) is 5.75 Å². The van der Waals surface area contributed by atoms with E-state index in [1.54, 1.807) is 36.4 Å². The first-order valence-electron chi connectivity index (χ1n) is 6.29. The topological polar surface area (TPSA) is 85.2 Å². The van der Waals surface area contributed by atoms with Crippen LogP contribution in [0, 0.1) is 5.82 Å². The minimum Gasteiger partial charge on any atom is -0.505 e. The molecule has 6 heteroatoms. The van der Waals surface area contributed by atoms with Gasteiger partial charge in [0.1, 0.15) is 5.82 Å². The van der Waals surface area contributed by atoms with Gasteiger partial charge in [-0.15, -0.1) is 0 Å². The summed E-state index contributed by atoms with van der Waals surface area (Å²) in [6.45, 7) is 0. The van der Waals surface area contributed by atoms with Gasteiger partial charge >= 0.3 is 0 Å². The maximum Gasteiger partial charge on any atom is 0.261 e. The lowest BCUT2D eigenvalue weighted by atomic mass is 10.1. The van der Waals surface area contributed by atoms with Crippen molar-refractivity contribution in [2.45, 2.75) is 6.42 Å². The molecule has 3 rings (SSSR count). The SMILES string of the molecule is Nc1cccc(-c2nc(Cc3ccccc3F)no2)c1O. The zero-order valence-electron chi connectivity index (χ0n) is 11.0. The lowest BCUT2D eigenvalue weighted by Gasteiger charge is -2.01. The molecule has 1 aromatic heterocycles. The zero-order valence-corrected chi connectivity index (χ0v) is 11.0. The van der Waals surface area contributed by atoms with Crippen LogP contribution in [-0.4, -0.2) is 15.2 Å². The first-order valence-corrected chi connectivity index (χ1v) is 6.29. The summed E-state index contributed by atoms with van der Waals surface area (Å²) in [6.07, 6.45) is 0.208. The molecule has 0 radical (unpaired) electrons. The van der Waals surface area contributed by atoms with Crippen molar-refractivity contribution in [2.24, 2.45) is 0 Å². The van der Waals surface area contributed by atoms with Crippen LogP contribution >= 0.6 is 0 Å². The van der Waals surface area contributed by atoms with Crippen LogP contribution in [0.4, 0.5) is 10.1 Å². The Hall–Kier alpha value is -2.89. The van der Waals surface area contributed by atoms with E-state index in [4.69, 9.17) is 10.3 Å². The Morgan fingerprint density at radius 1 is 1.14 bits per heavy atom. The predicted octanol–water partition coefficient (Wildman–Crippen LogP) is 2.75. The molecule has 0 aliphatic heterocycles. The smallest absolute Gasteiger partial charge is 0.261 e. The average molecular weight is 285 g/mol. The molecule has 0 atom stereocenters. The number of para-hydroxylation sites is 1. The summed E-state index contributed by atoms with van der Waals surface area (Å²) in [7, 11) is 0. The number of aromatic nitrogens is 2. The van der Waals surface area contributed by atoms with Crippen LogP contribution in [0.2, 0.25) is 0 Å². The normalized spacial score (nSPS) is 10.7. The Kier molecular flexibility index (Phi) is 3.27. The number of phenols is 1. The highest BCUT2D eigenvalue weighted by molar-refractivity contribution is 5.71. The standard InChI is InChI=1S/C15H12FN3O2/c16-11-6-2-1-4-9(11)8-13-18-15(21-19-13)10-5-3-7-12(17)14(10)20/h1-7,20H,8,17H2. The molecule has 0 aliphatic carbocycles. The van der Waals surface area contributed by atoms with Gasteiger partial charge in [-0.1, -0.05) is 29.4 Å². The molecule has 3 aromatic rings. The van der Waals surface area contributed by atoms with Crippen LogP contribution in [0.1, 0.15) is 11.4 Å². The quantitative estimate of drug-likeness (QED) is 0.571. The molecule has 3 N–H and O–H groups in total. The summed E-state index contributed by atoms with van der Waals surface area (Å²) in [4.78, 5) is 4.16. The zero-order chi connectivity index (χ0) is 14.8. The number of anilines is 1. The molecule has 2 aromatic carbocycles. The number of nitrogens with zero attached hydrogens (tertiary/aromatic N) is 2. The van der Waals surface area contributed by atoms with Gasteiger partial charge in [-0.25, -0.2) is 4.39 Å². The largest absolute Gasteiger partial charge is 0.505 e. The Labute approximate surface area is 119 Å². The molecule has 0 aliphatic rings. The second kappa shape index (κ2) is 5.24. The van der Waals surface area contributed by atoms with Gasteiger partial charge < -0.3 is 15.4 Å². The van der Waals surface area contributed by atoms with Gasteiger partial charge in [0.2, 0.25) is 0 Å². The maximum atomic E-state index is 13.6. The highest BCUT2D eigenvalue weighted by Gasteiger charge is 2.15. The molecule has 0 amide bonds. The fourth-order valence-electron chi connectivity index (χ4n) is 1.98. The third kappa shape index (κ3) is 2.55. The van der Waals surface area contributed by atoms with Crippen LogP contribution in [0.25, 0.3) is 11.5 Å². The molecular weight excluding hydrogens is 273 g/mol. The van der Waals surface area contributed by atoms with E-state index in [1.807, 2.05) is 0 Å². The summed E-state index contributed by atoms with van der Waals surface area (Å²) >= 11 is 0. The average Bonchev–Trinajstić information content (AvgIpc) is 2.93. The number of nitrogens with two attached hydrogens (primary N) is 1. The first kappa shape index (κ1) is 13.1. The number of nitrogen functional groups attached to an aromatic ring is 1. The molecular formula is C15H12FN3O2. The summed E-state index contributed by atoms with van der Waals surface area (Å²) in [6, 6.07) is 11.2. The fraction of sp³-hybridized carbons (Fsp3) is 0.0667. The van der Waals surface area contributed by atoms with Crippen molar-refractivity contribution in [2.75, 3.05) is 5.73 Å². The second-order valence-electron chi connectivity index (χ2n) is 4.53. The van der Waals surface area contributed by atoms with Gasteiger partial charge in [0, 0.05) is 6.42 Å². The molecule has 0 bridgehead atoms. The molecule has 21 heavy (non-hydrogen) atoms. The van der Waals surface area contributed by atoms with Crippen LogP contribution in [0.15, 0.2) is 47.0 Å². The first-order chi connectivity index (χ1) is 10.1. The molecule has 0 saturated heterocycles. The Morgan fingerprint density at radius 2 is 1.95 bits per heavy atom. The highest BCUT2D eigenvalue weighted by Crippen LogP contribution is 2.32. The second-order valence-corrected chi connectivity index (χ2v) is 4.53. The van der Waals surface area contributed by atoms with Crippen LogP contribution in [-0.2, 0) is 6.42 Å². The van der Waals surface area contributed by atoms with Gasteiger partial charge in [-0.05, 0) is 23.8 Å². The fourth-order valence-corrected chi connectivity index (χ4v) is 1.98. The third-order valence-corrected chi connectivity index (χ3v) is 3.07. The van der Waals surface area contributed by atoms with E-state index in [9.17, 15) is 9.50 Å². The lowest BCUT2D eigenvalue weighted by Crippen LogP contribution is -1.94. The van der Waals surface area contributed by atoms with Crippen molar-refractivity contribution in [3.05, 3.63) is 59.7 Å². The Morgan fingerprint density at radius 3 is 2.76 bits per heavy atom. The van der Waals surface area contributed by atoms with E-state index in [-0.39, 0.29) is 29.6 Å². The van der Waals surface area contributed by atoms with Crippen molar-refractivity contribution in [1.82, 2.24) is 10.1 Å². The van der Waals surface area contributed by atoms with Crippen LogP contribution < -0.4 is 5.73 Å². The van der Waals surface area contributed by atoms with Gasteiger partial charge in [0.15, 0.2) is 11.6 Å². The van der Waals surface area contributed by atoms with E-state index in [2.05, 4.69) is 10.1 Å². The number of rotatable bonds is 3. The molecule has 1 heterocycles. The highest BCUT2D eigenvalue weighted by atomic mass is 19.1. The Balaban J connectivity index is 1.90. The summed E-state index contributed by atoms with van der Waals surface area (Å²) in [5.74, 6) is 0.0392. The minimum absolute atomic E-state index is 0.112. The number of halogens is 1. The van der Waals surface area contributed by atoms with Gasteiger partial charge in [0.25, 0.3) is 5.89 Å². The van der Waals surface area contributed by atoms with E-state index in [0.717, 1.165) is 0 Å². The molecule has 0 saturated carbocycles. The van der Waals surface area contributed by atoms with Gasteiger partial charge in [-0.3, -0.25) is 0 Å². The van der Waals surface area contributed by atoms with Crippen molar-refractivity contribution >= 4 is 5.69 Å². The van der Waals surface area contributed by atoms with Crippen molar-refractivity contribution in [3.63, 3.8) is 0 Å². The summed E-state index contributed by atoms with van der Waals surface area (Å²) in [5.41, 5.74) is 6.67. The third-order valence-electron chi connectivity index (χ3n) is 3.07. The summed E-state index contributed by atoms with van der Waals surface area (Å²) in [5, 5.41) is 13.7. The maximum absolute atomic E-state index is 13.6. The summed E-state index contributed by atoms with van der Waals surface area (Å²) < 4.78 is 18.7. The number of hydrogen-bond donors (Lipinski definition) is 2.